The molecule has 0 fully saturated rings. The minimum atomic E-state index is 0.352. The molecule has 0 amide bonds. The van der Waals surface area contributed by atoms with Crippen molar-refractivity contribution in [3.63, 3.8) is 0 Å². The zero-order valence-corrected chi connectivity index (χ0v) is 7.90. The highest BCUT2D eigenvalue weighted by molar-refractivity contribution is 7.85. The fourth-order valence-electron chi connectivity index (χ4n) is 0.683. The zero-order chi connectivity index (χ0) is 8.81. The third-order valence-electron chi connectivity index (χ3n) is 1.20. The molecule has 1 aromatic rings. The Morgan fingerprint density at radius 1 is 1.33 bits per heavy atom. The van der Waals surface area contributed by atoms with Gasteiger partial charge in [-0.3, -0.25) is 0 Å². The number of benzene rings is 1. The number of thiol groups is 1. The van der Waals surface area contributed by atoms with E-state index in [1.165, 1.54) is 0 Å². The van der Waals surface area contributed by atoms with Gasteiger partial charge in [-0.1, -0.05) is 30.2 Å². The maximum atomic E-state index is 5.68. The molecule has 3 heteroatoms. The fourth-order valence-corrected chi connectivity index (χ4v) is 0.873. The van der Waals surface area contributed by atoms with Crippen LogP contribution in [0.15, 0.2) is 24.3 Å². The van der Waals surface area contributed by atoms with E-state index in [0.717, 1.165) is 5.75 Å². The summed E-state index contributed by atoms with van der Waals surface area (Å²) in [5.74, 6) is 3.43. The van der Waals surface area contributed by atoms with E-state index < -0.39 is 0 Å². The predicted molar refractivity (Wildman–Crippen MR) is 53.7 cm³/mol. The lowest BCUT2D eigenvalue weighted by atomic mass is 10.3. The van der Waals surface area contributed by atoms with Gasteiger partial charge in [-0.05, 0) is 29.5 Å². The van der Waals surface area contributed by atoms with Crippen LogP contribution in [0.4, 0.5) is 0 Å². The number of rotatable bonds is 2. The second kappa shape index (κ2) is 4.97. The molecule has 0 aromatic heterocycles. The summed E-state index contributed by atoms with van der Waals surface area (Å²) >= 11 is 9.40. The lowest BCUT2D eigenvalue weighted by Crippen LogP contribution is -1.92. The monoisotopic (exact) mass is 198 g/mol. The van der Waals surface area contributed by atoms with Gasteiger partial charge >= 0.3 is 0 Å². The Morgan fingerprint density at radius 2 is 2.00 bits per heavy atom. The third-order valence-corrected chi connectivity index (χ3v) is 1.61. The highest BCUT2D eigenvalue weighted by Gasteiger charge is 1.90. The summed E-state index contributed by atoms with van der Waals surface area (Å²) in [6.45, 7) is 0.352. The molecular weight excluding hydrogens is 192 g/mol. The zero-order valence-electron chi connectivity index (χ0n) is 6.25. The van der Waals surface area contributed by atoms with E-state index in [-0.39, 0.29) is 0 Å². The molecule has 0 N–H and O–H groups in total. The van der Waals surface area contributed by atoms with E-state index in [1.807, 2.05) is 0 Å². The van der Waals surface area contributed by atoms with Crippen LogP contribution in [0.2, 0.25) is 5.02 Å². The molecule has 62 valence electrons. The van der Waals surface area contributed by atoms with Gasteiger partial charge in [0, 0.05) is 5.02 Å². The van der Waals surface area contributed by atoms with Crippen LogP contribution in [-0.4, -0.2) is 6.61 Å². The standard InChI is InChI=1S/C9H7ClOS/c10-8-2-4-9(5-3-8)11-6-1-7-12/h2-5,12H,6H2. The first kappa shape index (κ1) is 9.31. The van der Waals surface area contributed by atoms with Crippen molar-refractivity contribution < 1.29 is 4.74 Å². The van der Waals surface area contributed by atoms with Gasteiger partial charge in [-0.15, -0.1) is 0 Å². The smallest absolute Gasteiger partial charge is 0.149 e. The summed E-state index contributed by atoms with van der Waals surface area (Å²) < 4.78 is 5.22. The molecule has 0 saturated heterocycles. The first-order valence-electron chi connectivity index (χ1n) is 3.33. The van der Waals surface area contributed by atoms with E-state index in [4.69, 9.17) is 16.3 Å². The Labute approximate surface area is 82.1 Å². The summed E-state index contributed by atoms with van der Waals surface area (Å²) in [4.78, 5) is 0. The summed E-state index contributed by atoms with van der Waals surface area (Å²) in [6, 6.07) is 7.13. The van der Waals surface area contributed by atoms with E-state index in [1.54, 1.807) is 24.3 Å². The molecule has 0 aliphatic carbocycles. The largest absolute Gasteiger partial charge is 0.481 e. The van der Waals surface area contributed by atoms with Crippen LogP contribution < -0.4 is 4.74 Å². The molecule has 0 bridgehead atoms. The molecule has 0 saturated carbocycles. The van der Waals surface area contributed by atoms with Crippen LogP contribution in [0.5, 0.6) is 5.75 Å². The molecule has 0 aliphatic rings. The van der Waals surface area contributed by atoms with Gasteiger partial charge in [0.25, 0.3) is 0 Å². The molecule has 0 unspecified atom stereocenters. The van der Waals surface area contributed by atoms with Crippen molar-refractivity contribution in [2.75, 3.05) is 6.61 Å². The van der Waals surface area contributed by atoms with E-state index in [9.17, 15) is 0 Å². The van der Waals surface area contributed by atoms with Gasteiger partial charge in [0.05, 0.1) is 0 Å². The van der Waals surface area contributed by atoms with Gasteiger partial charge in [-0.2, -0.15) is 0 Å². The Kier molecular flexibility index (Phi) is 3.86. The maximum Gasteiger partial charge on any atom is 0.149 e. The van der Waals surface area contributed by atoms with Crippen LogP contribution in [0, 0.1) is 11.2 Å². The molecule has 0 spiro atoms. The lowest BCUT2D eigenvalue weighted by molar-refractivity contribution is 0.370. The van der Waals surface area contributed by atoms with Crippen LogP contribution in [0.25, 0.3) is 0 Å². The van der Waals surface area contributed by atoms with Crippen molar-refractivity contribution in [3.8, 4) is 16.9 Å². The second-order valence-corrected chi connectivity index (χ2v) is 2.69. The second-order valence-electron chi connectivity index (χ2n) is 2.03. The Morgan fingerprint density at radius 3 is 2.58 bits per heavy atom. The normalized spacial score (nSPS) is 8.50. The summed E-state index contributed by atoms with van der Waals surface area (Å²) in [6.07, 6.45) is 0. The Balaban J connectivity index is 2.51. The van der Waals surface area contributed by atoms with E-state index >= 15 is 0 Å². The van der Waals surface area contributed by atoms with Crippen LogP contribution >= 0.6 is 24.2 Å². The molecule has 12 heavy (non-hydrogen) atoms. The average molecular weight is 199 g/mol. The van der Waals surface area contributed by atoms with Crippen molar-refractivity contribution in [1.82, 2.24) is 0 Å². The average Bonchev–Trinajstić information content (AvgIpc) is 2.09. The maximum absolute atomic E-state index is 5.68. The quantitative estimate of drug-likeness (QED) is 0.568. The fraction of sp³-hybridized carbons (Fsp3) is 0.111. The van der Waals surface area contributed by atoms with Crippen molar-refractivity contribution >= 4 is 24.2 Å². The van der Waals surface area contributed by atoms with Crippen LogP contribution in [-0.2, 0) is 0 Å². The number of hydrogen-bond donors (Lipinski definition) is 1. The molecule has 1 rings (SSSR count). The minimum absolute atomic E-state index is 0.352. The van der Waals surface area contributed by atoms with Gasteiger partial charge < -0.3 is 4.74 Å². The molecular formula is C9H7ClOS. The van der Waals surface area contributed by atoms with Gasteiger partial charge in [0.2, 0.25) is 0 Å². The SMILES string of the molecule is SC#CCOc1ccc(Cl)cc1. The van der Waals surface area contributed by atoms with Gasteiger partial charge in [-0.25, -0.2) is 0 Å². The Hall–Kier alpha value is -0.780. The molecule has 0 radical (unpaired) electrons. The summed E-state index contributed by atoms with van der Waals surface area (Å²) in [7, 11) is 0. The summed E-state index contributed by atoms with van der Waals surface area (Å²) in [5, 5.41) is 3.14. The van der Waals surface area contributed by atoms with E-state index in [2.05, 4.69) is 23.8 Å². The van der Waals surface area contributed by atoms with Crippen LogP contribution in [0.3, 0.4) is 0 Å². The van der Waals surface area contributed by atoms with Gasteiger partial charge in [0.15, 0.2) is 0 Å². The molecule has 1 nitrogen and oxygen atoms in total. The number of hydrogen-bond acceptors (Lipinski definition) is 2. The third kappa shape index (κ3) is 3.08. The highest BCUT2D eigenvalue weighted by atomic mass is 35.5. The number of ether oxygens (including phenoxy) is 1. The van der Waals surface area contributed by atoms with Crippen molar-refractivity contribution in [2.45, 2.75) is 0 Å². The molecule has 0 heterocycles. The van der Waals surface area contributed by atoms with Crippen molar-refractivity contribution in [2.24, 2.45) is 0 Å². The lowest BCUT2D eigenvalue weighted by Gasteiger charge is -2.00. The number of halogens is 1. The van der Waals surface area contributed by atoms with Gasteiger partial charge in [0.1, 0.15) is 12.4 Å². The first-order valence-corrected chi connectivity index (χ1v) is 4.16. The van der Waals surface area contributed by atoms with Crippen molar-refractivity contribution in [1.29, 1.82) is 0 Å². The highest BCUT2D eigenvalue weighted by Crippen LogP contribution is 2.14. The first-order chi connectivity index (χ1) is 5.83. The predicted octanol–water partition coefficient (Wildman–Crippen LogP) is 2.61. The molecule has 0 aliphatic heterocycles. The minimum Gasteiger partial charge on any atom is -0.481 e. The topological polar surface area (TPSA) is 9.23 Å². The summed E-state index contributed by atoms with van der Waals surface area (Å²) in [5.41, 5.74) is 0. The van der Waals surface area contributed by atoms with E-state index in [0.29, 0.717) is 11.6 Å². The molecule has 1 aromatic carbocycles. The molecule has 0 atom stereocenters. The van der Waals surface area contributed by atoms with Crippen molar-refractivity contribution in [3.05, 3.63) is 29.3 Å². The van der Waals surface area contributed by atoms with Crippen LogP contribution in [0.1, 0.15) is 0 Å². The Bertz CT molecular complexity index is 297.